The molecular formula is C13H27N7. The Morgan fingerprint density at radius 1 is 0.900 bits per heavy atom. The van der Waals surface area contributed by atoms with E-state index in [0.29, 0.717) is 11.9 Å². The Kier molecular flexibility index (Phi) is 6.44. The van der Waals surface area contributed by atoms with E-state index in [9.17, 15) is 0 Å². The average molecular weight is 281 g/mol. The van der Waals surface area contributed by atoms with Crippen molar-refractivity contribution in [2.24, 2.45) is 0 Å². The van der Waals surface area contributed by atoms with Crippen molar-refractivity contribution in [3.63, 3.8) is 0 Å². The molecule has 0 saturated carbocycles. The standard InChI is InChI=1S/C13H27N7/c1-7-20(8-2)13-16-11(14-3)15-12(17-13)19(6)10-9-18(4)5/h7-10H2,1-6H3,(H,14,15,16,17). The third kappa shape index (κ3) is 4.48. The highest BCUT2D eigenvalue weighted by atomic mass is 15.4. The minimum atomic E-state index is 0.605. The predicted octanol–water partition coefficient (Wildman–Crippen LogP) is 0.757. The molecule has 1 heterocycles. The van der Waals surface area contributed by atoms with E-state index in [0.717, 1.165) is 32.1 Å². The summed E-state index contributed by atoms with van der Waals surface area (Å²) in [5.41, 5.74) is 0. The summed E-state index contributed by atoms with van der Waals surface area (Å²) >= 11 is 0. The molecule has 1 aromatic heterocycles. The Balaban J connectivity index is 2.97. The second kappa shape index (κ2) is 7.84. The Morgan fingerprint density at radius 3 is 2.00 bits per heavy atom. The third-order valence-electron chi connectivity index (χ3n) is 3.11. The summed E-state index contributed by atoms with van der Waals surface area (Å²) in [7, 11) is 7.94. The minimum Gasteiger partial charge on any atom is -0.357 e. The van der Waals surface area contributed by atoms with Gasteiger partial charge in [-0.1, -0.05) is 0 Å². The van der Waals surface area contributed by atoms with Crippen molar-refractivity contribution < 1.29 is 0 Å². The molecule has 0 atom stereocenters. The van der Waals surface area contributed by atoms with E-state index >= 15 is 0 Å². The van der Waals surface area contributed by atoms with Crippen molar-refractivity contribution in [3.05, 3.63) is 0 Å². The van der Waals surface area contributed by atoms with Crippen LogP contribution in [0.25, 0.3) is 0 Å². The molecule has 1 aromatic rings. The van der Waals surface area contributed by atoms with E-state index < -0.39 is 0 Å². The number of nitrogens with one attached hydrogen (secondary N) is 1. The lowest BCUT2D eigenvalue weighted by Crippen LogP contribution is -2.31. The number of hydrogen-bond donors (Lipinski definition) is 1. The largest absolute Gasteiger partial charge is 0.357 e. The molecule has 0 spiro atoms. The molecule has 0 aromatic carbocycles. The van der Waals surface area contributed by atoms with Gasteiger partial charge in [-0.3, -0.25) is 0 Å². The van der Waals surface area contributed by atoms with Gasteiger partial charge in [-0.2, -0.15) is 15.0 Å². The van der Waals surface area contributed by atoms with E-state index in [1.807, 2.05) is 14.1 Å². The second-order valence-electron chi connectivity index (χ2n) is 4.91. The summed E-state index contributed by atoms with van der Waals surface area (Å²) in [4.78, 5) is 19.7. The molecule has 20 heavy (non-hydrogen) atoms. The number of aromatic nitrogens is 3. The fraction of sp³-hybridized carbons (Fsp3) is 0.769. The van der Waals surface area contributed by atoms with Gasteiger partial charge in [0.25, 0.3) is 0 Å². The fourth-order valence-corrected chi connectivity index (χ4v) is 1.73. The zero-order chi connectivity index (χ0) is 15.1. The normalized spacial score (nSPS) is 10.8. The highest BCUT2D eigenvalue weighted by molar-refractivity contribution is 5.44. The van der Waals surface area contributed by atoms with Gasteiger partial charge in [0.2, 0.25) is 17.8 Å². The summed E-state index contributed by atoms with van der Waals surface area (Å²) in [6, 6.07) is 0. The van der Waals surface area contributed by atoms with E-state index in [2.05, 4.69) is 62.9 Å². The molecule has 0 saturated heterocycles. The molecule has 0 bridgehead atoms. The zero-order valence-electron chi connectivity index (χ0n) is 13.5. The predicted molar refractivity (Wildman–Crippen MR) is 84.8 cm³/mol. The van der Waals surface area contributed by atoms with Crippen LogP contribution in [0.5, 0.6) is 0 Å². The lowest BCUT2D eigenvalue weighted by atomic mass is 10.5. The third-order valence-corrected chi connectivity index (χ3v) is 3.11. The molecule has 7 nitrogen and oxygen atoms in total. The lowest BCUT2D eigenvalue weighted by molar-refractivity contribution is 0.415. The van der Waals surface area contributed by atoms with Crippen molar-refractivity contribution in [1.29, 1.82) is 0 Å². The van der Waals surface area contributed by atoms with E-state index in [1.165, 1.54) is 0 Å². The van der Waals surface area contributed by atoms with Crippen LogP contribution in [0, 0.1) is 0 Å². The van der Waals surface area contributed by atoms with Gasteiger partial charge in [0, 0.05) is 40.3 Å². The average Bonchev–Trinajstić information content (AvgIpc) is 2.45. The Bertz CT molecular complexity index is 404. The van der Waals surface area contributed by atoms with Gasteiger partial charge < -0.3 is 20.0 Å². The highest BCUT2D eigenvalue weighted by Gasteiger charge is 2.13. The first-order valence-corrected chi connectivity index (χ1v) is 7.06. The first-order chi connectivity index (χ1) is 9.51. The lowest BCUT2D eigenvalue weighted by Gasteiger charge is -2.23. The molecule has 0 amide bonds. The van der Waals surface area contributed by atoms with Crippen LogP contribution in [-0.2, 0) is 0 Å². The molecule has 1 N–H and O–H groups in total. The Morgan fingerprint density at radius 2 is 1.50 bits per heavy atom. The number of likely N-dealkylation sites (N-methyl/N-ethyl adjacent to an activating group) is 2. The van der Waals surface area contributed by atoms with Crippen LogP contribution in [0.4, 0.5) is 17.8 Å². The van der Waals surface area contributed by atoms with Crippen LogP contribution in [0.15, 0.2) is 0 Å². The molecule has 7 heteroatoms. The van der Waals surface area contributed by atoms with Crippen molar-refractivity contribution in [2.75, 3.05) is 69.5 Å². The Labute approximate surface area is 122 Å². The fourth-order valence-electron chi connectivity index (χ4n) is 1.73. The number of hydrogen-bond acceptors (Lipinski definition) is 7. The van der Waals surface area contributed by atoms with Crippen LogP contribution >= 0.6 is 0 Å². The van der Waals surface area contributed by atoms with Gasteiger partial charge in [-0.05, 0) is 27.9 Å². The first-order valence-electron chi connectivity index (χ1n) is 7.06. The maximum absolute atomic E-state index is 4.57. The molecule has 114 valence electrons. The first kappa shape index (κ1) is 16.4. The van der Waals surface area contributed by atoms with Gasteiger partial charge >= 0.3 is 0 Å². The molecule has 0 radical (unpaired) electrons. The molecule has 0 aliphatic carbocycles. The highest BCUT2D eigenvalue weighted by Crippen LogP contribution is 2.15. The summed E-state index contributed by atoms with van der Waals surface area (Å²) in [6.07, 6.45) is 0. The summed E-state index contributed by atoms with van der Waals surface area (Å²) in [6.45, 7) is 7.79. The van der Waals surface area contributed by atoms with E-state index in [4.69, 9.17) is 0 Å². The summed E-state index contributed by atoms with van der Waals surface area (Å²) in [5, 5.41) is 3.00. The summed E-state index contributed by atoms with van der Waals surface area (Å²) in [5.74, 6) is 2.03. The van der Waals surface area contributed by atoms with Crippen molar-refractivity contribution >= 4 is 17.8 Å². The van der Waals surface area contributed by atoms with Crippen LogP contribution in [0.3, 0.4) is 0 Å². The van der Waals surface area contributed by atoms with Gasteiger partial charge in [0.05, 0.1) is 0 Å². The summed E-state index contributed by atoms with van der Waals surface area (Å²) < 4.78 is 0. The minimum absolute atomic E-state index is 0.605. The van der Waals surface area contributed by atoms with Crippen molar-refractivity contribution in [1.82, 2.24) is 19.9 Å². The smallest absolute Gasteiger partial charge is 0.231 e. The maximum atomic E-state index is 4.57. The molecule has 0 unspecified atom stereocenters. The monoisotopic (exact) mass is 281 g/mol. The van der Waals surface area contributed by atoms with Crippen molar-refractivity contribution in [3.8, 4) is 0 Å². The number of nitrogens with zero attached hydrogens (tertiary/aromatic N) is 6. The molecule has 0 aliphatic heterocycles. The quantitative estimate of drug-likeness (QED) is 0.754. The van der Waals surface area contributed by atoms with Gasteiger partial charge in [-0.25, -0.2) is 0 Å². The van der Waals surface area contributed by atoms with Crippen LogP contribution in [-0.4, -0.2) is 74.2 Å². The molecule has 0 aliphatic rings. The van der Waals surface area contributed by atoms with Crippen LogP contribution < -0.4 is 15.1 Å². The zero-order valence-corrected chi connectivity index (χ0v) is 13.5. The molecule has 0 fully saturated rings. The SMILES string of the molecule is CCN(CC)c1nc(NC)nc(N(C)CCN(C)C)n1. The van der Waals surface area contributed by atoms with Crippen molar-refractivity contribution in [2.45, 2.75) is 13.8 Å². The molecule has 1 rings (SSSR count). The molecular weight excluding hydrogens is 254 g/mol. The topological polar surface area (TPSA) is 60.4 Å². The van der Waals surface area contributed by atoms with Gasteiger partial charge in [0.15, 0.2) is 0 Å². The number of rotatable bonds is 8. The van der Waals surface area contributed by atoms with Gasteiger partial charge in [-0.15, -0.1) is 0 Å². The second-order valence-corrected chi connectivity index (χ2v) is 4.91. The van der Waals surface area contributed by atoms with Gasteiger partial charge in [0.1, 0.15) is 0 Å². The van der Waals surface area contributed by atoms with Crippen LogP contribution in [0.1, 0.15) is 13.8 Å². The maximum Gasteiger partial charge on any atom is 0.231 e. The van der Waals surface area contributed by atoms with E-state index in [-0.39, 0.29) is 0 Å². The van der Waals surface area contributed by atoms with Crippen LogP contribution in [0.2, 0.25) is 0 Å². The number of anilines is 3. The Hall–Kier alpha value is -1.63. The van der Waals surface area contributed by atoms with E-state index in [1.54, 1.807) is 0 Å².